The summed E-state index contributed by atoms with van der Waals surface area (Å²) < 4.78 is 27.0. The zero-order valence-corrected chi connectivity index (χ0v) is 14.6. The number of carbonyl (C=O) groups excluding carboxylic acids is 1. The highest BCUT2D eigenvalue weighted by molar-refractivity contribution is 7.91. The Balaban J connectivity index is 2.09. The summed E-state index contributed by atoms with van der Waals surface area (Å²) in [6.45, 7) is 1.94. The highest BCUT2D eigenvalue weighted by Gasteiger charge is 2.17. The van der Waals surface area contributed by atoms with Crippen molar-refractivity contribution in [3.63, 3.8) is 0 Å². The molecular formula is C18H22N2O3S. The van der Waals surface area contributed by atoms with Crippen LogP contribution in [0.15, 0.2) is 54.6 Å². The van der Waals surface area contributed by atoms with Crippen LogP contribution in [0.5, 0.6) is 0 Å². The number of likely N-dealkylation sites (N-methyl/N-ethyl adjacent to an activating group) is 1. The Bertz CT molecular complexity index is 772. The lowest BCUT2D eigenvalue weighted by molar-refractivity contribution is -0.122. The lowest BCUT2D eigenvalue weighted by atomic mass is 9.95. The van der Waals surface area contributed by atoms with Crippen molar-refractivity contribution in [1.82, 2.24) is 5.32 Å². The van der Waals surface area contributed by atoms with Crippen molar-refractivity contribution >= 4 is 21.6 Å². The molecule has 0 radical (unpaired) electrons. The van der Waals surface area contributed by atoms with Gasteiger partial charge in [0, 0.05) is 12.7 Å². The minimum Gasteiger partial charge on any atom is -0.359 e. The topological polar surface area (TPSA) is 75.3 Å². The average molecular weight is 346 g/mol. The number of anilines is 1. The second-order valence-electron chi connectivity index (χ2n) is 5.54. The van der Waals surface area contributed by atoms with Gasteiger partial charge < -0.3 is 5.32 Å². The standard InChI is InChI=1S/C18H22N2O3S/c1-3-17(18(21)19-2)15-9-11-16(12-10-15)20-24(22,23)13-14-7-5-4-6-8-14/h4-12,17,20H,3,13H2,1-2H3,(H,19,21)/t17-/m1/s1. The Labute approximate surface area is 143 Å². The number of benzene rings is 2. The van der Waals surface area contributed by atoms with Gasteiger partial charge >= 0.3 is 0 Å². The third-order valence-corrected chi connectivity index (χ3v) is 5.02. The molecule has 5 nitrogen and oxygen atoms in total. The Morgan fingerprint density at radius 2 is 1.67 bits per heavy atom. The molecule has 0 spiro atoms. The zero-order valence-electron chi connectivity index (χ0n) is 13.8. The fraction of sp³-hybridized carbons (Fsp3) is 0.278. The van der Waals surface area contributed by atoms with Crippen LogP contribution in [0, 0.1) is 0 Å². The molecule has 0 bridgehead atoms. The van der Waals surface area contributed by atoms with Crippen LogP contribution >= 0.6 is 0 Å². The molecule has 0 aliphatic heterocycles. The van der Waals surface area contributed by atoms with Crippen molar-refractivity contribution in [1.29, 1.82) is 0 Å². The van der Waals surface area contributed by atoms with Gasteiger partial charge in [0.2, 0.25) is 15.9 Å². The lowest BCUT2D eigenvalue weighted by Crippen LogP contribution is -2.25. The van der Waals surface area contributed by atoms with Gasteiger partial charge in [-0.1, -0.05) is 49.4 Å². The van der Waals surface area contributed by atoms with E-state index < -0.39 is 10.0 Å². The van der Waals surface area contributed by atoms with E-state index >= 15 is 0 Å². The van der Waals surface area contributed by atoms with E-state index in [0.717, 1.165) is 11.1 Å². The number of rotatable bonds is 7. The summed E-state index contributed by atoms with van der Waals surface area (Å²) in [7, 11) is -1.87. The Morgan fingerprint density at radius 3 is 2.21 bits per heavy atom. The van der Waals surface area contributed by atoms with Gasteiger partial charge in [-0.3, -0.25) is 9.52 Å². The van der Waals surface area contributed by atoms with Crippen LogP contribution < -0.4 is 10.0 Å². The first-order chi connectivity index (χ1) is 11.4. The highest BCUT2D eigenvalue weighted by atomic mass is 32.2. The van der Waals surface area contributed by atoms with E-state index in [1.54, 1.807) is 43.4 Å². The molecule has 0 fully saturated rings. The summed E-state index contributed by atoms with van der Waals surface area (Å²) in [5.74, 6) is -0.356. The molecule has 0 saturated heterocycles. The Morgan fingerprint density at radius 1 is 1.04 bits per heavy atom. The van der Waals surface area contributed by atoms with E-state index in [0.29, 0.717) is 12.1 Å². The number of carbonyl (C=O) groups is 1. The summed E-state index contributed by atoms with van der Waals surface area (Å²) in [6, 6.07) is 15.9. The minimum atomic E-state index is -3.48. The number of nitrogens with one attached hydrogen (secondary N) is 2. The molecule has 2 aromatic carbocycles. The zero-order chi connectivity index (χ0) is 17.6. The maximum Gasteiger partial charge on any atom is 0.236 e. The van der Waals surface area contributed by atoms with Gasteiger partial charge in [0.25, 0.3) is 0 Å². The molecule has 2 rings (SSSR count). The molecule has 2 aromatic rings. The molecule has 1 amide bonds. The molecule has 0 saturated carbocycles. The largest absolute Gasteiger partial charge is 0.359 e. The molecule has 0 aliphatic carbocycles. The van der Waals surface area contributed by atoms with Gasteiger partial charge in [-0.2, -0.15) is 0 Å². The summed E-state index contributed by atoms with van der Waals surface area (Å²) in [6.07, 6.45) is 0.679. The fourth-order valence-electron chi connectivity index (χ4n) is 2.54. The van der Waals surface area contributed by atoms with E-state index in [1.807, 2.05) is 25.1 Å². The smallest absolute Gasteiger partial charge is 0.236 e. The molecule has 0 heterocycles. The van der Waals surface area contributed by atoms with E-state index in [2.05, 4.69) is 10.0 Å². The van der Waals surface area contributed by atoms with Crippen LogP contribution in [0.2, 0.25) is 0 Å². The van der Waals surface area contributed by atoms with Gasteiger partial charge in [0.05, 0.1) is 11.7 Å². The van der Waals surface area contributed by atoms with Gasteiger partial charge in [0.1, 0.15) is 0 Å². The molecule has 0 aromatic heterocycles. The van der Waals surface area contributed by atoms with E-state index in [4.69, 9.17) is 0 Å². The third kappa shape index (κ3) is 4.83. The van der Waals surface area contributed by atoms with Crippen LogP contribution in [-0.4, -0.2) is 21.4 Å². The lowest BCUT2D eigenvalue weighted by Gasteiger charge is -2.14. The summed E-state index contributed by atoms with van der Waals surface area (Å²) in [4.78, 5) is 11.8. The van der Waals surface area contributed by atoms with Crippen LogP contribution in [0.4, 0.5) is 5.69 Å². The average Bonchev–Trinajstić information content (AvgIpc) is 2.57. The van der Waals surface area contributed by atoms with Crippen molar-refractivity contribution in [2.75, 3.05) is 11.8 Å². The molecular weight excluding hydrogens is 324 g/mol. The molecule has 0 aliphatic rings. The van der Waals surface area contributed by atoms with Crippen molar-refractivity contribution < 1.29 is 13.2 Å². The quantitative estimate of drug-likeness (QED) is 0.809. The molecule has 128 valence electrons. The van der Waals surface area contributed by atoms with Crippen molar-refractivity contribution in [3.05, 3.63) is 65.7 Å². The van der Waals surface area contributed by atoms with Gasteiger partial charge in [0.15, 0.2) is 0 Å². The molecule has 2 N–H and O–H groups in total. The van der Waals surface area contributed by atoms with Crippen LogP contribution in [-0.2, 0) is 20.6 Å². The van der Waals surface area contributed by atoms with E-state index in [-0.39, 0.29) is 17.6 Å². The Kier molecular flexibility index (Phi) is 5.98. The maximum absolute atomic E-state index is 12.2. The number of hydrogen-bond donors (Lipinski definition) is 2. The second kappa shape index (κ2) is 7.97. The number of amides is 1. The van der Waals surface area contributed by atoms with Crippen molar-refractivity contribution in [2.24, 2.45) is 0 Å². The van der Waals surface area contributed by atoms with Crippen molar-refractivity contribution in [2.45, 2.75) is 25.0 Å². The SMILES string of the molecule is CC[C@@H](C(=O)NC)c1ccc(NS(=O)(=O)Cc2ccccc2)cc1. The predicted molar refractivity (Wildman–Crippen MR) is 96.2 cm³/mol. The summed E-state index contributed by atoms with van der Waals surface area (Å²) >= 11 is 0. The minimum absolute atomic E-state index is 0.0464. The predicted octanol–water partition coefficient (Wildman–Crippen LogP) is 2.87. The third-order valence-electron chi connectivity index (χ3n) is 3.76. The molecule has 1 atom stereocenters. The van der Waals surface area contributed by atoms with Crippen LogP contribution in [0.1, 0.15) is 30.4 Å². The van der Waals surface area contributed by atoms with Crippen molar-refractivity contribution in [3.8, 4) is 0 Å². The maximum atomic E-state index is 12.2. The fourth-order valence-corrected chi connectivity index (χ4v) is 3.74. The van der Waals surface area contributed by atoms with Gasteiger partial charge in [-0.15, -0.1) is 0 Å². The van der Waals surface area contributed by atoms with Crippen LogP contribution in [0.3, 0.4) is 0 Å². The molecule has 0 unspecified atom stereocenters. The Hall–Kier alpha value is -2.34. The highest BCUT2D eigenvalue weighted by Crippen LogP contribution is 2.22. The number of hydrogen-bond acceptors (Lipinski definition) is 3. The van der Waals surface area contributed by atoms with E-state index in [1.165, 1.54) is 0 Å². The first kappa shape index (κ1) is 18.0. The molecule has 6 heteroatoms. The molecule has 24 heavy (non-hydrogen) atoms. The van der Waals surface area contributed by atoms with Gasteiger partial charge in [-0.05, 0) is 29.7 Å². The summed E-state index contributed by atoms with van der Waals surface area (Å²) in [5, 5.41) is 2.64. The summed E-state index contributed by atoms with van der Waals surface area (Å²) in [5.41, 5.74) is 2.08. The monoisotopic (exact) mass is 346 g/mol. The normalized spacial score (nSPS) is 12.4. The van der Waals surface area contributed by atoms with E-state index in [9.17, 15) is 13.2 Å². The first-order valence-corrected chi connectivity index (χ1v) is 9.46. The van der Waals surface area contributed by atoms with Gasteiger partial charge in [-0.25, -0.2) is 8.42 Å². The second-order valence-corrected chi connectivity index (χ2v) is 7.27. The number of sulfonamides is 1. The first-order valence-electron chi connectivity index (χ1n) is 7.81. The van der Waals surface area contributed by atoms with Crippen LogP contribution in [0.25, 0.3) is 0 Å².